The molecule has 1 aliphatic carbocycles. The van der Waals surface area contributed by atoms with E-state index in [4.69, 9.17) is 21.1 Å². The van der Waals surface area contributed by atoms with E-state index in [1.54, 1.807) is 20.2 Å². The largest absolute Gasteiger partial charge is 0.345 e. The first-order chi connectivity index (χ1) is 11.9. The van der Waals surface area contributed by atoms with Gasteiger partial charge in [0.05, 0.1) is 25.1 Å². The second kappa shape index (κ2) is 6.08. The van der Waals surface area contributed by atoms with Gasteiger partial charge in [-0.05, 0) is 20.3 Å². The van der Waals surface area contributed by atoms with E-state index in [1.165, 1.54) is 6.33 Å². The van der Waals surface area contributed by atoms with E-state index < -0.39 is 12.4 Å². The lowest BCUT2D eigenvalue weighted by Gasteiger charge is -2.24. The molecule has 0 N–H and O–H groups in total. The fraction of sp³-hybridized carbons (Fsp3) is 0.667. The molecule has 0 radical (unpaired) electrons. The molecule has 2 fully saturated rings. The van der Waals surface area contributed by atoms with Crippen molar-refractivity contribution in [3.05, 3.63) is 17.8 Å². The molecular weight excluding hydrogens is 358 g/mol. The topological polar surface area (TPSA) is 71.3 Å². The molecule has 136 valence electrons. The van der Waals surface area contributed by atoms with E-state index in [0.29, 0.717) is 17.6 Å². The van der Waals surface area contributed by atoms with Crippen LogP contribution >= 0.6 is 11.6 Å². The SMILES string of the molecule is CC1(C)O[C@@H]2[C@@H](COC(F)F)C[C@@H](n3cnc4c(Cl)ncnc43)[C@@H]2O1. The maximum Gasteiger partial charge on any atom is 0.345 e. The van der Waals surface area contributed by atoms with Gasteiger partial charge in [-0.25, -0.2) is 15.0 Å². The van der Waals surface area contributed by atoms with Crippen molar-refractivity contribution in [2.75, 3.05) is 6.61 Å². The van der Waals surface area contributed by atoms with E-state index in [2.05, 4.69) is 19.7 Å². The number of alkyl halides is 2. The standard InChI is InChI=1S/C15H17ClF2N4O3/c1-15(2)24-10-7(4-23-14(17)18)3-8(11(10)25-15)22-6-21-9-12(16)19-5-20-13(9)22/h5-8,10-11,14H,3-4H2,1-2H3/t7-,8-,10-,11+/m1/s1. The van der Waals surface area contributed by atoms with E-state index >= 15 is 0 Å². The summed E-state index contributed by atoms with van der Waals surface area (Å²) in [5.74, 6) is -1.01. The summed E-state index contributed by atoms with van der Waals surface area (Å²) in [6, 6.07) is -0.172. The number of fused-ring (bicyclic) bond motifs is 2. The van der Waals surface area contributed by atoms with Crippen LogP contribution in [0.25, 0.3) is 11.2 Å². The van der Waals surface area contributed by atoms with Crippen molar-refractivity contribution in [2.45, 2.75) is 50.9 Å². The number of aromatic nitrogens is 4. The molecule has 10 heteroatoms. The zero-order valence-corrected chi connectivity index (χ0v) is 14.4. The number of halogens is 3. The Balaban J connectivity index is 1.67. The molecule has 2 aromatic heterocycles. The van der Waals surface area contributed by atoms with Crippen LogP contribution in [0.15, 0.2) is 12.7 Å². The van der Waals surface area contributed by atoms with Gasteiger partial charge in [-0.3, -0.25) is 0 Å². The molecule has 3 heterocycles. The van der Waals surface area contributed by atoms with E-state index in [9.17, 15) is 8.78 Å². The Bertz CT molecular complexity index is 787. The molecule has 25 heavy (non-hydrogen) atoms. The van der Waals surface area contributed by atoms with Gasteiger partial charge in [0.1, 0.15) is 17.9 Å². The van der Waals surface area contributed by atoms with Crippen molar-refractivity contribution in [3.8, 4) is 0 Å². The van der Waals surface area contributed by atoms with Gasteiger partial charge in [-0.15, -0.1) is 0 Å². The Morgan fingerprint density at radius 1 is 1.32 bits per heavy atom. The molecule has 7 nitrogen and oxygen atoms in total. The van der Waals surface area contributed by atoms with Crippen LogP contribution in [-0.2, 0) is 14.2 Å². The Kier molecular flexibility index (Phi) is 4.14. The first-order valence-electron chi connectivity index (χ1n) is 7.94. The van der Waals surface area contributed by atoms with Crippen molar-refractivity contribution in [1.29, 1.82) is 0 Å². The van der Waals surface area contributed by atoms with E-state index in [1.807, 2.05) is 4.57 Å². The van der Waals surface area contributed by atoms with E-state index in [0.717, 1.165) is 0 Å². The lowest BCUT2D eigenvalue weighted by molar-refractivity contribution is -0.174. The zero-order valence-electron chi connectivity index (χ0n) is 13.6. The monoisotopic (exact) mass is 374 g/mol. The highest BCUT2D eigenvalue weighted by atomic mass is 35.5. The smallest absolute Gasteiger partial charge is 0.344 e. The van der Waals surface area contributed by atoms with Crippen molar-refractivity contribution < 1.29 is 23.0 Å². The highest BCUT2D eigenvalue weighted by Gasteiger charge is 2.55. The Labute approximate surface area is 147 Å². The molecule has 4 rings (SSSR count). The quantitative estimate of drug-likeness (QED) is 0.766. The summed E-state index contributed by atoms with van der Waals surface area (Å²) in [5.41, 5.74) is 1.07. The third-order valence-electron chi connectivity index (χ3n) is 4.66. The fourth-order valence-electron chi connectivity index (χ4n) is 3.75. The minimum absolute atomic E-state index is 0.100. The molecule has 1 saturated carbocycles. The summed E-state index contributed by atoms with van der Waals surface area (Å²) >= 11 is 6.06. The average Bonchev–Trinajstić information content (AvgIpc) is 3.17. The first kappa shape index (κ1) is 17.0. The van der Waals surface area contributed by atoms with Gasteiger partial charge in [0.25, 0.3) is 0 Å². The van der Waals surface area contributed by atoms with Gasteiger partial charge in [0.2, 0.25) is 0 Å². The molecule has 0 spiro atoms. The van der Waals surface area contributed by atoms with Gasteiger partial charge in [0, 0.05) is 5.92 Å². The molecule has 0 aromatic carbocycles. The second-order valence-electron chi connectivity index (χ2n) is 6.71. The molecule has 0 amide bonds. The third-order valence-corrected chi connectivity index (χ3v) is 4.94. The number of rotatable bonds is 4. The fourth-order valence-corrected chi connectivity index (χ4v) is 3.93. The Hall–Kier alpha value is -1.42. The molecule has 4 atom stereocenters. The number of hydrogen-bond acceptors (Lipinski definition) is 6. The van der Waals surface area contributed by atoms with Crippen LogP contribution in [0.3, 0.4) is 0 Å². The minimum atomic E-state index is -2.81. The molecule has 2 aliphatic rings. The molecule has 2 aromatic rings. The van der Waals surface area contributed by atoms with Gasteiger partial charge in [-0.2, -0.15) is 8.78 Å². The Morgan fingerprint density at radius 3 is 2.84 bits per heavy atom. The van der Waals surface area contributed by atoms with Crippen molar-refractivity contribution in [2.24, 2.45) is 5.92 Å². The van der Waals surface area contributed by atoms with Crippen LogP contribution < -0.4 is 0 Å². The Morgan fingerprint density at radius 2 is 2.08 bits per heavy atom. The van der Waals surface area contributed by atoms with Crippen LogP contribution in [0.1, 0.15) is 26.3 Å². The zero-order chi connectivity index (χ0) is 17.8. The van der Waals surface area contributed by atoms with Crippen LogP contribution in [0.5, 0.6) is 0 Å². The molecule has 0 unspecified atom stereocenters. The van der Waals surface area contributed by atoms with Crippen LogP contribution in [0.4, 0.5) is 8.78 Å². The number of nitrogens with zero attached hydrogens (tertiary/aromatic N) is 4. The summed E-state index contributed by atoms with van der Waals surface area (Å²) in [6.45, 7) is 0.696. The predicted octanol–water partition coefficient (Wildman–Crippen LogP) is 2.80. The van der Waals surface area contributed by atoms with Crippen molar-refractivity contribution in [1.82, 2.24) is 19.5 Å². The maximum absolute atomic E-state index is 12.5. The van der Waals surface area contributed by atoms with Gasteiger partial charge in [-0.1, -0.05) is 11.6 Å². The lowest BCUT2D eigenvalue weighted by Crippen LogP contribution is -2.28. The number of imidazole rings is 1. The second-order valence-corrected chi connectivity index (χ2v) is 7.07. The van der Waals surface area contributed by atoms with Gasteiger partial charge in [0.15, 0.2) is 16.6 Å². The predicted molar refractivity (Wildman–Crippen MR) is 83.3 cm³/mol. The molecule has 0 bridgehead atoms. The van der Waals surface area contributed by atoms with E-state index in [-0.39, 0.29) is 35.9 Å². The third kappa shape index (κ3) is 2.99. The van der Waals surface area contributed by atoms with Crippen LogP contribution in [0, 0.1) is 5.92 Å². The van der Waals surface area contributed by atoms with Gasteiger partial charge < -0.3 is 18.8 Å². The van der Waals surface area contributed by atoms with Crippen LogP contribution in [0.2, 0.25) is 5.15 Å². The number of ether oxygens (including phenoxy) is 3. The van der Waals surface area contributed by atoms with Gasteiger partial charge >= 0.3 is 6.61 Å². The summed E-state index contributed by atoms with van der Waals surface area (Å²) in [4.78, 5) is 12.4. The maximum atomic E-state index is 12.5. The number of hydrogen-bond donors (Lipinski definition) is 0. The molecule has 1 saturated heterocycles. The lowest BCUT2D eigenvalue weighted by atomic mass is 10.1. The highest BCUT2D eigenvalue weighted by molar-refractivity contribution is 6.33. The summed E-state index contributed by atoms with van der Waals surface area (Å²) in [5, 5.41) is 0.264. The highest BCUT2D eigenvalue weighted by Crippen LogP contribution is 2.47. The minimum Gasteiger partial charge on any atom is -0.344 e. The average molecular weight is 375 g/mol. The normalized spacial score (nSPS) is 31.1. The summed E-state index contributed by atoms with van der Waals surface area (Å²) in [6.07, 6.45) is 2.88. The van der Waals surface area contributed by atoms with Crippen molar-refractivity contribution in [3.63, 3.8) is 0 Å². The summed E-state index contributed by atoms with van der Waals surface area (Å²) in [7, 11) is 0. The first-order valence-corrected chi connectivity index (χ1v) is 8.32. The van der Waals surface area contributed by atoms with Crippen LogP contribution in [-0.4, -0.2) is 50.7 Å². The summed E-state index contributed by atoms with van der Waals surface area (Å²) < 4.78 is 43.3. The van der Waals surface area contributed by atoms with Crippen molar-refractivity contribution >= 4 is 22.8 Å². The molecular formula is C15H17ClF2N4O3. The molecule has 1 aliphatic heterocycles.